The van der Waals surface area contributed by atoms with E-state index in [2.05, 4.69) is 20.8 Å². The number of esters is 1. The Labute approximate surface area is 195 Å². The van der Waals surface area contributed by atoms with Crippen LogP contribution >= 0.6 is 15.9 Å². The fourth-order valence-electron chi connectivity index (χ4n) is 3.70. The maximum Gasteiger partial charge on any atom is 0.375 e. The smallest absolute Gasteiger partial charge is 0.375 e. The topological polar surface area (TPSA) is 72.2 Å². The first kappa shape index (κ1) is 22.4. The molecule has 0 saturated carbocycles. The molecular weight excluding hydrogens is 476 g/mol. The number of hydrogen-bond acceptors (Lipinski definition) is 6. The van der Waals surface area contributed by atoms with Crippen molar-refractivity contribution in [1.29, 1.82) is 0 Å². The number of fused-ring (bicyclic) bond motifs is 1. The van der Waals surface area contributed by atoms with Gasteiger partial charge in [0, 0.05) is 48.1 Å². The number of aryl methyl sites for hydroxylation is 1. The highest BCUT2D eigenvalue weighted by molar-refractivity contribution is 9.10. The van der Waals surface area contributed by atoms with Crippen LogP contribution in [-0.4, -0.2) is 67.6 Å². The molecule has 0 aliphatic carbocycles. The van der Waals surface area contributed by atoms with Gasteiger partial charge >= 0.3 is 5.97 Å². The Kier molecular flexibility index (Phi) is 7.12. The maximum absolute atomic E-state index is 12.5. The number of rotatable bonds is 7. The van der Waals surface area contributed by atoms with E-state index in [0.717, 1.165) is 35.2 Å². The molecule has 168 valence electrons. The normalized spacial score (nSPS) is 14.5. The molecule has 1 fully saturated rings. The maximum atomic E-state index is 12.5. The minimum Gasteiger partial charge on any atom is -0.492 e. The third-order valence-corrected chi connectivity index (χ3v) is 6.05. The SMILES string of the molecule is Cc1c(C(=O)OCC(=O)N2CCN(CCOc3ccccc3)CC2)oc2ccc(Br)cc12. The van der Waals surface area contributed by atoms with E-state index in [0.29, 0.717) is 30.8 Å². The summed E-state index contributed by atoms with van der Waals surface area (Å²) in [5.41, 5.74) is 1.31. The number of amides is 1. The van der Waals surface area contributed by atoms with Gasteiger partial charge in [-0.15, -0.1) is 0 Å². The summed E-state index contributed by atoms with van der Waals surface area (Å²) in [4.78, 5) is 29.0. The molecule has 2 aromatic carbocycles. The predicted octanol–water partition coefficient (Wildman–Crippen LogP) is 3.88. The highest BCUT2D eigenvalue weighted by atomic mass is 79.9. The second kappa shape index (κ2) is 10.2. The van der Waals surface area contributed by atoms with E-state index in [-0.39, 0.29) is 18.3 Å². The van der Waals surface area contributed by atoms with Gasteiger partial charge in [0.25, 0.3) is 5.91 Å². The van der Waals surface area contributed by atoms with Crippen LogP contribution in [0.5, 0.6) is 5.75 Å². The summed E-state index contributed by atoms with van der Waals surface area (Å²) in [5, 5.41) is 0.838. The molecule has 8 heteroatoms. The van der Waals surface area contributed by atoms with Gasteiger partial charge in [0.1, 0.15) is 17.9 Å². The lowest BCUT2D eigenvalue weighted by Gasteiger charge is -2.34. The van der Waals surface area contributed by atoms with E-state index in [1.165, 1.54) is 0 Å². The number of para-hydroxylation sites is 1. The van der Waals surface area contributed by atoms with E-state index in [4.69, 9.17) is 13.9 Å². The Morgan fingerprint density at radius 2 is 1.81 bits per heavy atom. The second-order valence-corrected chi connectivity index (χ2v) is 8.57. The highest BCUT2D eigenvalue weighted by Gasteiger charge is 2.24. The molecule has 0 N–H and O–H groups in total. The number of benzene rings is 2. The average Bonchev–Trinajstić information content (AvgIpc) is 3.14. The van der Waals surface area contributed by atoms with Crippen LogP contribution in [0.4, 0.5) is 0 Å². The molecule has 1 aliphatic heterocycles. The van der Waals surface area contributed by atoms with Crippen LogP contribution in [0.1, 0.15) is 16.1 Å². The van der Waals surface area contributed by atoms with E-state index in [9.17, 15) is 9.59 Å². The minimum absolute atomic E-state index is 0.133. The van der Waals surface area contributed by atoms with Crippen molar-refractivity contribution in [3.8, 4) is 5.75 Å². The molecule has 0 unspecified atom stereocenters. The van der Waals surface area contributed by atoms with Gasteiger partial charge in [-0.3, -0.25) is 9.69 Å². The molecule has 32 heavy (non-hydrogen) atoms. The van der Waals surface area contributed by atoms with E-state index in [1.807, 2.05) is 42.5 Å². The summed E-state index contributed by atoms with van der Waals surface area (Å²) in [7, 11) is 0. The van der Waals surface area contributed by atoms with Crippen molar-refractivity contribution in [1.82, 2.24) is 9.80 Å². The first-order chi connectivity index (χ1) is 15.5. The number of carbonyl (C=O) groups is 2. The van der Waals surface area contributed by atoms with Gasteiger partial charge in [-0.1, -0.05) is 34.1 Å². The molecule has 0 radical (unpaired) electrons. The number of hydrogen-bond donors (Lipinski definition) is 0. The van der Waals surface area contributed by atoms with Crippen LogP contribution in [0.15, 0.2) is 57.4 Å². The largest absolute Gasteiger partial charge is 0.492 e. The molecule has 4 rings (SSSR count). The molecule has 1 aromatic heterocycles. The van der Waals surface area contributed by atoms with Crippen LogP contribution in [0, 0.1) is 6.92 Å². The predicted molar refractivity (Wildman–Crippen MR) is 124 cm³/mol. The first-order valence-electron chi connectivity index (χ1n) is 10.5. The van der Waals surface area contributed by atoms with Crippen molar-refractivity contribution >= 4 is 38.8 Å². The summed E-state index contributed by atoms with van der Waals surface area (Å²) in [6.45, 7) is 5.62. The number of halogens is 1. The third-order valence-electron chi connectivity index (χ3n) is 5.55. The standard InChI is InChI=1S/C24H25BrN2O5/c1-17-20-15-18(25)7-8-21(20)32-23(17)24(29)31-16-22(28)27-11-9-26(10-12-27)13-14-30-19-5-3-2-4-6-19/h2-8,15H,9-14,16H2,1H3. The fraction of sp³-hybridized carbons (Fsp3) is 0.333. The fourth-order valence-corrected chi connectivity index (χ4v) is 4.06. The Morgan fingerprint density at radius 1 is 1.06 bits per heavy atom. The minimum atomic E-state index is -0.625. The van der Waals surface area contributed by atoms with Crippen molar-refractivity contribution in [2.24, 2.45) is 0 Å². The van der Waals surface area contributed by atoms with E-state index < -0.39 is 5.97 Å². The quantitative estimate of drug-likeness (QED) is 0.458. The van der Waals surface area contributed by atoms with Crippen molar-refractivity contribution < 1.29 is 23.5 Å². The Balaban J connectivity index is 1.21. The molecule has 1 amide bonds. The van der Waals surface area contributed by atoms with Gasteiger partial charge < -0.3 is 18.8 Å². The van der Waals surface area contributed by atoms with Crippen molar-refractivity contribution in [3.05, 3.63) is 64.3 Å². The zero-order valence-corrected chi connectivity index (χ0v) is 19.5. The third kappa shape index (κ3) is 5.31. The van der Waals surface area contributed by atoms with E-state index in [1.54, 1.807) is 17.9 Å². The average molecular weight is 501 g/mol. The van der Waals surface area contributed by atoms with Crippen LogP contribution in [0.3, 0.4) is 0 Å². The summed E-state index contributed by atoms with van der Waals surface area (Å²) < 4.78 is 17.5. The molecule has 0 spiro atoms. The van der Waals surface area contributed by atoms with Crippen molar-refractivity contribution in [2.75, 3.05) is 45.9 Å². The summed E-state index contributed by atoms with van der Waals surface area (Å²) >= 11 is 3.42. The van der Waals surface area contributed by atoms with Gasteiger partial charge in [0.05, 0.1) is 0 Å². The van der Waals surface area contributed by atoms with E-state index >= 15 is 0 Å². The van der Waals surface area contributed by atoms with Gasteiger partial charge in [0.15, 0.2) is 6.61 Å². The summed E-state index contributed by atoms with van der Waals surface area (Å²) in [6.07, 6.45) is 0. The van der Waals surface area contributed by atoms with Crippen LogP contribution in [-0.2, 0) is 9.53 Å². The van der Waals surface area contributed by atoms with Crippen LogP contribution in [0.25, 0.3) is 11.0 Å². The number of piperazine rings is 1. The summed E-state index contributed by atoms with van der Waals surface area (Å²) in [5.74, 6) is 0.166. The number of furan rings is 1. The molecule has 7 nitrogen and oxygen atoms in total. The Bertz CT molecular complexity index is 1090. The van der Waals surface area contributed by atoms with Crippen molar-refractivity contribution in [2.45, 2.75) is 6.92 Å². The second-order valence-electron chi connectivity index (χ2n) is 7.66. The molecule has 0 bridgehead atoms. The van der Waals surface area contributed by atoms with Gasteiger partial charge in [-0.25, -0.2) is 4.79 Å². The Morgan fingerprint density at radius 3 is 2.56 bits per heavy atom. The zero-order valence-electron chi connectivity index (χ0n) is 17.9. The van der Waals surface area contributed by atoms with Gasteiger partial charge in [-0.05, 0) is 37.3 Å². The molecule has 0 atom stereocenters. The molecule has 2 heterocycles. The monoisotopic (exact) mass is 500 g/mol. The zero-order chi connectivity index (χ0) is 22.5. The lowest BCUT2D eigenvalue weighted by Crippen LogP contribution is -2.50. The number of nitrogens with zero attached hydrogens (tertiary/aromatic N) is 2. The van der Waals surface area contributed by atoms with Gasteiger partial charge in [0.2, 0.25) is 5.76 Å². The molecule has 1 saturated heterocycles. The van der Waals surface area contributed by atoms with Gasteiger partial charge in [-0.2, -0.15) is 0 Å². The van der Waals surface area contributed by atoms with Crippen LogP contribution in [0.2, 0.25) is 0 Å². The highest BCUT2D eigenvalue weighted by Crippen LogP contribution is 2.28. The Hall–Kier alpha value is -2.84. The first-order valence-corrected chi connectivity index (χ1v) is 11.3. The lowest BCUT2D eigenvalue weighted by molar-refractivity contribution is -0.136. The summed E-state index contributed by atoms with van der Waals surface area (Å²) in [6, 6.07) is 15.2. The van der Waals surface area contributed by atoms with Crippen LogP contribution < -0.4 is 4.74 Å². The molecular formula is C24H25BrN2O5. The number of carbonyl (C=O) groups excluding carboxylic acids is 2. The van der Waals surface area contributed by atoms with Crippen molar-refractivity contribution in [3.63, 3.8) is 0 Å². The lowest BCUT2D eigenvalue weighted by atomic mass is 10.1. The molecule has 3 aromatic rings. The number of ether oxygens (including phenoxy) is 2. The molecule has 1 aliphatic rings.